The summed E-state index contributed by atoms with van der Waals surface area (Å²) in [5.41, 5.74) is -6.36. The number of sulfone groups is 1. The van der Waals surface area contributed by atoms with Crippen molar-refractivity contribution in [2.24, 2.45) is 0 Å². The van der Waals surface area contributed by atoms with Crippen molar-refractivity contribution in [1.82, 2.24) is 10.2 Å². The summed E-state index contributed by atoms with van der Waals surface area (Å²) in [5.74, 6) is -1.05. The second-order valence-electron chi connectivity index (χ2n) is 5.40. The average molecular weight is 405 g/mol. The number of nitrogens with zero attached hydrogens (tertiary/aromatic N) is 1. The fourth-order valence-corrected chi connectivity index (χ4v) is 2.96. The van der Waals surface area contributed by atoms with E-state index in [9.17, 15) is 31.2 Å². The smallest absolute Gasteiger partial charge is 0.495 e. The number of alkyl halides is 3. The SMILES string of the molecule is COc1ccc(S(=O)(=O)C(F)(F)F)cc1NC(=O)c1c(C)c(C)n[nH]c1=O. The van der Waals surface area contributed by atoms with E-state index in [0.29, 0.717) is 17.8 Å². The van der Waals surface area contributed by atoms with E-state index >= 15 is 0 Å². The normalized spacial score (nSPS) is 11.9. The number of carbonyl (C=O) groups excluding carboxylic acids is 1. The van der Waals surface area contributed by atoms with Gasteiger partial charge in [-0.3, -0.25) is 9.59 Å². The number of hydrogen-bond acceptors (Lipinski definition) is 6. The van der Waals surface area contributed by atoms with Crippen LogP contribution >= 0.6 is 0 Å². The number of aromatic nitrogens is 2. The number of rotatable bonds is 4. The number of carbonyl (C=O) groups is 1. The number of aromatic amines is 1. The van der Waals surface area contributed by atoms with E-state index in [1.54, 1.807) is 6.92 Å². The third-order valence-electron chi connectivity index (χ3n) is 3.73. The van der Waals surface area contributed by atoms with Gasteiger partial charge in [-0.1, -0.05) is 0 Å². The standard InChI is InChI=1S/C15H14F3N3O5S/c1-7-8(2)20-21-14(23)12(7)13(22)19-10-6-9(4-5-11(10)26-3)27(24,25)15(16,17)18/h4-6H,1-3H3,(H,19,22)(H,21,23). The van der Waals surface area contributed by atoms with Crippen LogP contribution in [0.3, 0.4) is 0 Å². The third kappa shape index (κ3) is 3.79. The predicted molar refractivity (Wildman–Crippen MR) is 88.5 cm³/mol. The van der Waals surface area contributed by atoms with Crippen LogP contribution in [0.2, 0.25) is 0 Å². The molecule has 1 heterocycles. The fraction of sp³-hybridized carbons (Fsp3) is 0.267. The van der Waals surface area contributed by atoms with E-state index in [-0.39, 0.29) is 22.6 Å². The number of benzene rings is 1. The Labute approximate surface area is 151 Å². The number of aryl methyl sites for hydroxylation is 1. The van der Waals surface area contributed by atoms with Crippen molar-refractivity contribution in [3.63, 3.8) is 0 Å². The molecule has 1 amide bonds. The van der Waals surface area contributed by atoms with Gasteiger partial charge in [-0.05, 0) is 37.6 Å². The lowest BCUT2D eigenvalue weighted by molar-refractivity contribution is -0.0436. The summed E-state index contributed by atoms with van der Waals surface area (Å²) in [6.07, 6.45) is 0. The number of nitrogens with one attached hydrogen (secondary N) is 2. The van der Waals surface area contributed by atoms with Crippen LogP contribution in [0.25, 0.3) is 0 Å². The molecule has 0 atom stereocenters. The van der Waals surface area contributed by atoms with E-state index in [4.69, 9.17) is 4.74 Å². The number of anilines is 1. The first kappa shape index (κ1) is 20.4. The Hall–Kier alpha value is -2.89. The highest BCUT2D eigenvalue weighted by molar-refractivity contribution is 7.92. The molecule has 0 unspecified atom stereocenters. The van der Waals surface area contributed by atoms with Crippen LogP contribution in [-0.4, -0.2) is 37.1 Å². The van der Waals surface area contributed by atoms with Crippen molar-refractivity contribution >= 4 is 21.4 Å². The van der Waals surface area contributed by atoms with Crippen LogP contribution in [-0.2, 0) is 9.84 Å². The van der Waals surface area contributed by atoms with E-state index in [0.717, 1.165) is 6.07 Å². The first-order valence-corrected chi connectivity index (χ1v) is 8.75. The molecule has 0 aliphatic rings. The molecule has 0 saturated carbocycles. The predicted octanol–water partition coefficient (Wildman–Crippen LogP) is 1.94. The molecule has 8 nitrogen and oxygen atoms in total. The molecule has 0 aliphatic carbocycles. The molecule has 0 spiro atoms. The first-order valence-electron chi connectivity index (χ1n) is 7.26. The van der Waals surface area contributed by atoms with Gasteiger partial charge in [-0.2, -0.15) is 18.3 Å². The van der Waals surface area contributed by atoms with Gasteiger partial charge in [0.05, 0.1) is 23.4 Å². The van der Waals surface area contributed by atoms with Crippen molar-refractivity contribution in [2.75, 3.05) is 12.4 Å². The third-order valence-corrected chi connectivity index (χ3v) is 5.22. The van der Waals surface area contributed by atoms with E-state index < -0.39 is 31.7 Å². The van der Waals surface area contributed by atoms with Crippen molar-refractivity contribution < 1.29 is 31.1 Å². The van der Waals surface area contributed by atoms with Gasteiger partial charge in [0.25, 0.3) is 21.3 Å². The summed E-state index contributed by atoms with van der Waals surface area (Å²) < 4.78 is 66.3. The second kappa shape index (κ2) is 7.02. The zero-order valence-corrected chi connectivity index (χ0v) is 15.1. The van der Waals surface area contributed by atoms with Crippen LogP contribution in [0.1, 0.15) is 21.6 Å². The lowest BCUT2D eigenvalue weighted by atomic mass is 10.1. The lowest BCUT2D eigenvalue weighted by Crippen LogP contribution is -2.27. The van der Waals surface area contributed by atoms with Gasteiger partial charge in [-0.25, -0.2) is 13.5 Å². The molecular formula is C15H14F3N3O5S. The molecule has 0 aliphatic heterocycles. The Morgan fingerprint density at radius 3 is 2.44 bits per heavy atom. The highest BCUT2D eigenvalue weighted by atomic mass is 32.2. The van der Waals surface area contributed by atoms with E-state index in [2.05, 4.69) is 15.5 Å². The maximum absolute atomic E-state index is 12.8. The monoisotopic (exact) mass is 405 g/mol. The number of H-pyrrole nitrogens is 1. The molecule has 1 aromatic carbocycles. The minimum atomic E-state index is -5.63. The molecule has 0 saturated heterocycles. The van der Waals surface area contributed by atoms with Crippen LogP contribution in [0.15, 0.2) is 27.9 Å². The van der Waals surface area contributed by atoms with Crippen LogP contribution in [0.5, 0.6) is 5.75 Å². The summed E-state index contributed by atoms with van der Waals surface area (Å²) in [6, 6.07) is 2.27. The fourth-order valence-electron chi connectivity index (χ4n) is 2.17. The number of amides is 1. The summed E-state index contributed by atoms with van der Waals surface area (Å²) in [7, 11) is -4.45. The largest absolute Gasteiger partial charge is 0.501 e. The molecular weight excluding hydrogens is 391 g/mol. The highest BCUT2D eigenvalue weighted by Crippen LogP contribution is 2.34. The average Bonchev–Trinajstić information content (AvgIpc) is 2.57. The lowest BCUT2D eigenvalue weighted by Gasteiger charge is -2.14. The minimum Gasteiger partial charge on any atom is -0.495 e. The summed E-state index contributed by atoms with van der Waals surface area (Å²) in [6.45, 7) is 3.01. The van der Waals surface area contributed by atoms with Crippen molar-refractivity contribution in [2.45, 2.75) is 24.3 Å². The van der Waals surface area contributed by atoms with Gasteiger partial charge in [0.1, 0.15) is 11.3 Å². The molecule has 27 heavy (non-hydrogen) atoms. The molecule has 2 rings (SSSR count). The number of ether oxygens (including phenoxy) is 1. The molecule has 2 N–H and O–H groups in total. The van der Waals surface area contributed by atoms with Gasteiger partial charge < -0.3 is 10.1 Å². The molecule has 1 aromatic heterocycles. The number of methoxy groups -OCH3 is 1. The molecule has 0 bridgehead atoms. The van der Waals surface area contributed by atoms with Crippen LogP contribution in [0, 0.1) is 13.8 Å². The Morgan fingerprint density at radius 2 is 1.89 bits per heavy atom. The quantitative estimate of drug-likeness (QED) is 0.803. The summed E-state index contributed by atoms with van der Waals surface area (Å²) >= 11 is 0. The van der Waals surface area contributed by atoms with Gasteiger partial charge in [0.2, 0.25) is 0 Å². The molecule has 12 heteroatoms. The van der Waals surface area contributed by atoms with Crippen molar-refractivity contribution in [1.29, 1.82) is 0 Å². The van der Waals surface area contributed by atoms with Crippen molar-refractivity contribution in [3.05, 3.63) is 45.4 Å². The molecule has 0 fully saturated rings. The molecule has 146 valence electrons. The second-order valence-corrected chi connectivity index (χ2v) is 7.34. The van der Waals surface area contributed by atoms with Crippen LogP contribution in [0.4, 0.5) is 18.9 Å². The Balaban J connectivity index is 2.54. The molecule has 0 radical (unpaired) electrons. The Morgan fingerprint density at radius 1 is 1.26 bits per heavy atom. The number of halogens is 3. The maximum atomic E-state index is 12.8. The van der Waals surface area contributed by atoms with Gasteiger partial charge in [-0.15, -0.1) is 0 Å². The van der Waals surface area contributed by atoms with Gasteiger partial charge in [0.15, 0.2) is 0 Å². The zero-order valence-electron chi connectivity index (χ0n) is 14.3. The summed E-state index contributed by atoms with van der Waals surface area (Å²) in [5, 5.41) is 8.01. The zero-order chi connectivity index (χ0) is 20.6. The van der Waals surface area contributed by atoms with Gasteiger partial charge >= 0.3 is 5.51 Å². The summed E-state index contributed by atoms with van der Waals surface area (Å²) in [4.78, 5) is 23.2. The Kier molecular flexibility index (Phi) is 5.31. The maximum Gasteiger partial charge on any atom is 0.501 e. The number of hydrogen-bond donors (Lipinski definition) is 2. The van der Waals surface area contributed by atoms with E-state index in [1.165, 1.54) is 14.0 Å². The Bertz CT molecular complexity index is 1060. The minimum absolute atomic E-state index is 0.0932. The topological polar surface area (TPSA) is 118 Å². The van der Waals surface area contributed by atoms with E-state index in [1.807, 2.05) is 0 Å². The van der Waals surface area contributed by atoms with Gasteiger partial charge in [0, 0.05) is 0 Å². The van der Waals surface area contributed by atoms with Crippen LogP contribution < -0.4 is 15.6 Å². The van der Waals surface area contributed by atoms with Crippen molar-refractivity contribution in [3.8, 4) is 5.75 Å². The highest BCUT2D eigenvalue weighted by Gasteiger charge is 2.47. The molecule has 2 aromatic rings. The first-order chi connectivity index (χ1) is 12.4.